The number of aromatic nitrogens is 1. The number of rotatable bonds is 6. The number of hydrogen-bond acceptors (Lipinski definition) is 3. The van der Waals surface area contributed by atoms with E-state index >= 15 is 0 Å². The minimum absolute atomic E-state index is 0.0128. The predicted octanol–water partition coefficient (Wildman–Crippen LogP) is 10.7. The lowest BCUT2D eigenvalue weighted by atomic mass is 9.59. The summed E-state index contributed by atoms with van der Waals surface area (Å²) in [6.07, 6.45) is 3.63. The summed E-state index contributed by atoms with van der Waals surface area (Å²) in [7, 11) is -12.0. The van der Waals surface area contributed by atoms with Crippen molar-refractivity contribution in [1.29, 1.82) is 0 Å². The Morgan fingerprint density at radius 1 is 1.08 bits per heavy atom. The average molecular weight is 704 g/mol. The van der Waals surface area contributed by atoms with Crippen LogP contribution in [0.5, 0.6) is 0 Å². The van der Waals surface area contributed by atoms with Crippen molar-refractivity contribution in [2.75, 3.05) is 0 Å². The van der Waals surface area contributed by atoms with Crippen molar-refractivity contribution in [3.05, 3.63) is 55.9 Å². The molecule has 4 rings (SSSR count). The van der Waals surface area contributed by atoms with E-state index in [0.717, 1.165) is 52.6 Å². The van der Waals surface area contributed by atoms with Gasteiger partial charge in [0.05, 0.1) is 11.8 Å². The fourth-order valence-electron chi connectivity index (χ4n) is 5.50. The molecule has 2 aromatic rings. The molecule has 1 unspecified atom stereocenters. The Bertz CT molecular complexity index is 1270. The smallest absolute Gasteiger partial charge is 0.310 e. The van der Waals surface area contributed by atoms with Gasteiger partial charge in [-0.15, -0.1) is 0 Å². The molecule has 1 aromatic carbocycles. The quantitative estimate of drug-likeness (QED) is 0.185. The molecule has 1 saturated carbocycles. The first-order chi connectivity index (χ1) is 17.4. The van der Waals surface area contributed by atoms with E-state index in [4.69, 9.17) is 9.41 Å². The summed E-state index contributed by atoms with van der Waals surface area (Å²) in [5.74, 6) is -0.0727. The zero-order valence-corrected chi connectivity index (χ0v) is 27.5. The Morgan fingerprint density at radius 3 is 2.08 bits per heavy atom. The van der Waals surface area contributed by atoms with Crippen LogP contribution in [0.1, 0.15) is 107 Å². The van der Waals surface area contributed by atoms with Gasteiger partial charge in [-0.1, -0.05) is 72.6 Å². The first kappa shape index (κ1) is 31.2. The normalized spacial score (nSPS) is 22.2. The van der Waals surface area contributed by atoms with Gasteiger partial charge in [-0.05, 0) is 95.4 Å². The Labute approximate surface area is 243 Å². The van der Waals surface area contributed by atoms with E-state index in [1.807, 2.05) is 13.8 Å². The van der Waals surface area contributed by atoms with Gasteiger partial charge in [0, 0.05) is 20.4 Å². The van der Waals surface area contributed by atoms with Gasteiger partial charge >= 0.3 is 10.2 Å². The van der Waals surface area contributed by atoms with Gasteiger partial charge in [0.25, 0.3) is 0 Å². The molecule has 0 aliphatic heterocycles. The summed E-state index contributed by atoms with van der Waals surface area (Å²) >= 11 is 2.22. The highest BCUT2D eigenvalue weighted by Crippen LogP contribution is 3.02. The topological polar surface area (TPSA) is 42.4 Å². The second-order valence-electron chi connectivity index (χ2n) is 13.3. The van der Waals surface area contributed by atoms with Crippen LogP contribution in [-0.4, -0.2) is 18.4 Å². The minimum Gasteiger partial charge on any atom is -0.410 e. The Hall–Kier alpha value is -0.763. The maximum atomic E-state index is 13.3. The van der Waals surface area contributed by atoms with E-state index in [9.17, 15) is 24.5 Å². The van der Waals surface area contributed by atoms with Crippen LogP contribution >= 0.6 is 32.8 Å². The fourth-order valence-corrected chi connectivity index (χ4v) is 8.65. The monoisotopic (exact) mass is 703 g/mol. The number of aliphatic hydroxyl groups excluding tert-OH is 1. The summed E-state index contributed by atoms with van der Waals surface area (Å²) in [4.78, 5) is 3.12. The van der Waals surface area contributed by atoms with Crippen LogP contribution in [0.2, 0.25) is 18.1 Å². The summed E-state index contributed by atoms with van der Waals surface area (Å²) in [5.41, 5.74) is 3.38. The summed E-state index contributed by atoms with van der Waals surface area (Å²) in [5, 5.41) is 11.5. The highest BCUT2D eigenvalue weighted by atomic mass is 127. The second-order valence-corrected chi connectivity index (χ2v) is 21.5. The molecule has 0 bridgehead atoms. The molecular formula is C28H39F5INO2SSi. The zero-order valence-electron chi connectivity index (χ0n) is 23.6. The van der Waals surface area contributed by atoms with E-state index in [0.29, 0.717) is 23.4 Å². The Kier molecular flexibility index (Phi) is 7.29. The molecule has 1 N–H and O–H groups in total. The van der Waals surface area contributed by atoms with Gasteiger partial charge in [0.1, 0.15) is 11.0 Å². The largest absolute Gasteiger partial charge is 0.410 e. The van der Waals surface area contributed by atoms with Crippen LogP contribution in [0.4, 0.5) is 19.4 Å². The molecule has 0 radical (unpaired) electrons. The maximum absolute atomic E-state index is 13.3. The fraction of sp³-hybridized carbons (Fsp3) is 0.607. The number of pyridine rings is 1. The molecule has 3 nitrogen and oxygen atoms in total. The maximum Gasteiger partial charge on any atom is 0.310 e. The Balaban J connectivity index is 1.85. The van der Waals surface area contributed by atoms with E-state index in [1.54, 1.807) is 0 Å². The van der Waals surface area contributed by atoms with E-state index in [1.165, 1.54) is 6.42 Å². The van der Waals surface area contributed by atoms with Gasteiger partial charge < -0.3 is 9.53 Å². The van der Waals surface area contributed by atoms with Crippen molar-refractivity contribution in [2.24, 2.45) is 5.41 Å². The van der Waals surface area contributed by atoms with Crippen molar-refractivity contribution < 1.29 is 29.0 Å². The molecule has 1 spiro atoms. The number of nitrogens with zero attached hydrogens (tertiary/aromatic N) is 1. The lowest BCUT2D eigenvalue weighted by Crippen LogP contribution is -2.46. The van der Waals surface area contributed by atoms with Crippen molar-refractivity contribution in [2.45, 2.75) is 108 Å². The molecule has 2 aliphatic carbocycles. The summed E-state index contributed by atoms with van der Waals surface area (Å²) in [6.45, 7) is 14.9. The molecule has 11 heteroatoms. The van der Waals surface area contributed by atoms with E-state index < -0.39 is 29.5 Å². The lowest BCUT2D eigenvalue weighted by molar-refractivity contribution is 0.0293. The molecule has 39 heavy (non-hydrogen) atoms. The number of aliphatic hydroxyl groups is 1. The van der Waals surface area contributed by atoms with Gasteiger partial charge in [-0.25, -0.2) is 0 Å². The summed E-state index contributed by atoms with van der Waals surface area (Å²) < 4.78 is 74.3. The highest BCUT2D eigenvalue weighted by molar-refractivity contribution is 14.1. The van der Waals surface area contributed by atoms with Gasteiger partial charge in [-0.2, -0.15) is 0 Å². The zero-order chi connectivity index (χ0) is 29.5. The van der Waals surface area contributed by atoms with Gasteiger partial charge in [0.15, 0.2) is 8.32 Å². The van der Waals surface area contributed by atoms with Crippen molar-refractivity contribution >= 4 is 41.1 Å². The molecule has 0 saturated heterocycles. The number of halogens is 6. The van der Waals surface area contributed by atoms with Crippen LogP contribution in [-0.2, 0) is 10.8 Å². The third-order valence-electron chi connectivity index (χ3n) is 8.92. The number of fused-ring (bicyclic) bond motifs is 1. The van der Waals surface area contributed by atoms with E-state index in [-0.39, 0.29) is 28.0 Å². The van der Waals surface area contributed by atoms with Crippen LogP contribution in [0.25, 0.3) is 0 Å². The first-order valence-corrected chi connectivity index (χ1v) is 19.3. The molecule has 2 aliphatic rings. The van der Waals surface area contributed by atoms with Crippen molar-refractivity contribution in [3.8, 4) is 0 Å². The number of benzene rings is 1. The van der Waals surface area contributed by atoms with Gasteiger partial charge in [-0.3, -0.25) is 4.98 Å². The van der Waals surface area contributed by atoms with E-state index in [2.05, 4.69) is 56.5 Å². The molecule has 1 heterocycles. The molecule has 220 valence electrons. The molecule has 1 fully saturated rings. The molecule has 0 amide bonds. The second kappa shape index (κ2) is 9.12. The third-order valence-corrected chi connectivity index (χ3v) is 15.7. The van der Waals surface area contributed by atoms with Crippen LogP contribution in [0.15, 0.2) is 29.2 Å². The Morgan fingerprint density at radius 2 is 1.64 bits per heavy atom. The van der Waals surface area contributed by atoms with Crippen LogP contribution < -0.4 is 0 Å². The number of hydrogen-bond donors (Lipinski definition) is 1. The summed E-state index contributed by atoms with van der Waals surface area (Å²) in [6, 6.07) is 2.59. The van der Waals surface area contributed by atoms with Crippen molar-refractivity contribution in [3.63, 3.8) is 0 Å². The molecule has 1 aromatic heterocycles. The third kappa shape index (κ3) is 6.08. The predicted molar refractivity (Wildman–Crippen MR) is 159 cm³/mol. The van der Waals surface area contributed by atoms with Crippen LogP contribution in [0, 0.1) is 8.99 Å². The van der Waals surface area contributed by atoms with Gasteiger partial charge in [0.2, 0.25) is 0 Å². The average Bonchev–Trinajstić information content (AvgIpc) is 2.74. The minimum atomic E-state index is -9.81. The highest BCUT2D eigenvalue weighted by Gasteiger charge is 2.65. The standard InChI is InChI=1S/C28H39F5INO2SSi/c1-17(2)25-23(26(36)18-9-11-19(12-10-18)38(29,30,31,32)33)24(34)22-20(35-25)15-28(13-8-14-28)16-21(22)37-39(6,7)27(3,4)5/h9-12,17,21,26,36H,8,13-16H2,1-7H3/t21-,26?/m0/s1. The van der Waals surface area contributed by atoms with Crippen molar-refractivity contribution in [1.82, 2.24) is 4.98 Å². The lowest BCUT2D eigenvalue weighted by Gasteiger charge is -2.50. The molecule has 2 atom stereocenters. The molecular weight excluding hydrogens is 664 g/mol. The first-order valence-electron chi connectivity index (χ1n) is 13.4. The SMILES string of the molecule is CC(C)c1nc2c(c(I)c1C(O)c1ccc(S(F)(F)(F)(F)F)cc1)[C@@H](O[Si](C)(C)C(C)(C)C)CC1(CCC1)C2. The van der Waals surface area contributed by atoms with Crippen LogP contribution in [0.3, 0.4) is 0 Å².